The maximum atomic E-state index is 14.1. The number of pyridine rings is 2. The minimum atomic E-state index is -0.748. The maximum Gasteiger partial charge on any atom is 0.490 e. The van der Waals surface area contributed by atoms with Gasteiger partial charge in [-0.2, -0.15) is 0 Å². The first-order valence-corrected chi connectivity index (χ1v) is 17.2. The molecule has 0 spiro atoms. The third kappa shape index (κ3) is 9.59. The molecular formula is C34H44B3F2IN4O6. The highest BCUT2D eigenvalue weighted by Gasteiger charge is 2.63. The second-order valence-corrected chi connectivity index (χ2v) is 15.5. The van der Waals surface area contributed by atoms with Gasteiger partial charge in [-0.15, -0.1) is 0 Å². The van der Waals surface area contributed by atoms with E-state index in [2.05, 4.69) is 19.7 Å². The van der Waals surface area contributed by atoms with E-state index in [0.717, 1.165) is 0 Å². The first-order chi connectivity index (χ1) is 22.9. The number of hydrogen-bond acceptors (Lipinski definition) is 8. The Labute approximate surface area is 309 Å². The van der Waals surface area contributed by atoms with Crippen LogP contribution >= 0.6 is 22.6 Å². The van der Waals surface area contributed by atoms with Gasteiger partial charge in [-0.25, -0.2) is 18.5 Å². The predicted octanol–water partition coefficient (Wildman–Crippen LogP) is 9.16. The summed E-state index contributed by atoms with van der Waals surface area (Å²) in [5.74, 6) is 0.350. The summed E-state index contributed by atoms with van der Waals surface area (Å²) in [6.07, 6.45) is 2.68. The lowest BCUT2D eigenvalue weighted by Gasteiger charge is -2.32. The summed E-state index contributed by atoms with van der Waals surface area (Å²) in [7, 11) is -1.70. The highest BCUT2D eigenvalue weighted by Crippen LogP contribution is 2.43. The summed E-state index contributed by atoms with van der Waals surface area (Å²) in [6, 6.07) is 6.00. The predicted molar refractivity (Wildman–Crippen MR) is 201 cm³/mol. The van der Waals surface area contributed by atoms with E-state index < -0.39 is 38.2 Å². The van der Waals surface area contributed by atoms with Crippen LogP contribution in [0.25, 0.3) is 21.3 Å². The van der Waals surface area contributed by atoms with Gasteiger partial charge in [0.05, 0.1) is 58.1 Å². The summed E-state index contributed by atoms with van der Waals surface area (Å²) in [6.45, 7) is 37.3. The summed E-state index contributed by atoms with van der Waals surface area (Å²) in [5, 5.41) is 0. The molecule has 10 nitrogen and oxygen atoms in total. The van der Waals surface area contributed by atoms with Gasteiger partial charge in [0.15, 0.2) is 5.83 Å². The Morgan fingerprint density at radius 1 is 0.600 bits per heavy atom. The van der Waals surface area contributed by atoms with E-state index in [1.807, 2.05) is 83.1 Å². The molecule has 0 aliphatic carbocycles. The van der Waals surface area contributed by atoms with E-state index in [9.17, 15) is 8.78 Å². The van der Waals surface area contributed by atoms with E-state index in [1.165, 1.54) is 46.7 Å². The van der Waals surface area contributed by atoms with Crippen LogP contribution in [0.3, 0.4) is 0 Å². The lowest BCUT2D eigenvalue weighted by Crippen LogP contribution is -2.41. The van der Waals surface area contributed by atoms with E-state index in [4.69, 9.17) is 41.1 Å². The first kappa shape index (κ1) is 41.7. The summed E-state index contributed by atoms with van der Waals surface area (Å²) >= 11 is 1.80. The fourth-order valence-corrected chi connectivity index (χ4v) is 4.72. The van der Waals surface area contributed by atoms with Gasteiger partial charge < -0.3 is 27.9 Å². The van der Waals surface area contributed by atoms with Crippen LogP contribution in [-0.2, 0) is 27.9 Å². The third-order valence-corrected chi connectivity index (χ3v) is 10.2. The van der Waals surface area contributed by atoms with Crippen molar-refractivity contribution in [2.75, 3.05) is 0 Å². The largest absolute Gasteiger partial charge is 0.490 e. The Morgan fingerprint density at radius 2 is 0.920 bits per heavy atom. The molecule has 0 unspecified atom stereocenters. The SMILES string of the molecule is CC1(C)OB(B2OC(C)(C)C(C)(C)O2)OC1(C)C.[C-]#[N+]c1ccc(/C(F)=C/B2OC(C)(C)C(C)(C)O2)nc1.[C-]#[N+]c1ccc(/C(F)=C/I)nc1. The van der Waals surface area contributed by atoms with E-state index in [0.29, 0.717) is 11.4 Å². The quantitative estimate of drug-likeness (QED) is 0.172. The van der Waals surface area contributed by atoms with Crippen LogP contribution < -0.4 is 0 Å². The molecule has 5 rings (SSSR count). The van der Waals surface area contributed by atoms with Crippen molar-refractivity contribution in [2.24, 2.45) is 0 Å². The second-order valence-electron chi connectivity index (χ2n) is 14.9. The number of rotatable bonds is 4. The molecule has 0 atom stereocenters. The molecule has 0 radical (unpaired) electrons. The van der Waals surface area contributed by atoms with Gasteiger partial charge in [0.1, 0.15) is 5.83 Å². The highest BCUT2D eigenvalue weighted by molar-refractivity contribution is 14.1. The highest BCUT2D eigenvalue weighted by atomic mass is 127. The topological polar surface area (TPSA) is 89.9 Å². The van der Waals surface area contributed by atoms with Gasteiger partial charge in [-0.3, -0.25) is 9.97 Å². The zero-order valence-electron chi connectivity index (χ0n) is 30.7. The molecule has 266 valence electrons. The summed E-state index contributed by atoms with van der Waals surface area (Å²) < 4.78 is 63.4. The smallest absolute Gasteiger partial charge is 0.405 e. The molecule has 3 saturated heterocycles. The molecule has 0 saturated carbocycles. The monoisotopic (exact) mass is 802 g/mol. The molecule has 50 heavy (non-hydrogen) atoms. The molecule has 0 N–H and O–H groups in total. The zero-order chi connectivity index (χ0) is 37.9. The minimum Gasteiger partial charge on any atom is -0.405 e. The van der Waals surface area contributed by atoms with Gasteiger partial charge in [-0.1, -0.05) is 12.1 Å². The van der Waals surface area contributed by atoms with Crippen LogP contribution in [0.4, 0.5) is 20.2 Å². The molecule has 3 aliphatic heterocycles. The third-order valence-electron chi connectivity index (χ3n) is 9.66. The Balaban J connectivity index is 0.000000209. The van der Waals surface area contributed by atoms with Crippen molar-refractivity contribution in [2.45, 2.75) is 117 Å². The number of nitrogens with zero attached hydrogens (tertiary/aromatic N) is 4. The Hall–Kier alpha value is -2.70. The second kappa shape index (κ2) is 15.5. The van der Waals surface area contributed by atoms with Crippen molar-refractivity contribution in [1.29, 1.82) is 0 Å². The lowest BCUT2D eigenvalue weighted by atomic mass is 9.49. The Morgan fingerprint density at radius 3 is 1.20 bits per heavy atom. The number of hydrogen-bond donors (Lipinski definition) is 0. The summed E-state index contributed by atoms with van der Waals surface area (Å²) in [4.78, 5) is 14.0. The first-order valence-electron chi connectivity index (χ1n) is 16.0. The van der Waals surface area contributed by atoms with Gasteiger partial charge >= 0.3 is 21.1 Å². The van der Waals surface area contributed by atoms with Crippen LogP contribution in [0.15, 0.2) is 46.7 Å². The molecule has 5 heterocycles. The van der Waals surface area contributed by atoms with E-state index in [-0.39, 0.29) is 39.6 Å². The average Bonchev–Trinajstić information content (AvgIpc) is 3.49. The normalized spacial score (nSPS) is 22.5. The molecule has 3 fully saturated rings. The van der Waals surface area contributed by atoms with E-state index in [1.54, 1.807) is 22.6 Å². The number of aromatic nitrogens is 2. The maximum absolute atomic E-state index is 14.1. The molecule has 0 amide bonds. The fraction of sp³-hybridized carbons (Fsp3) is 0.529. The van der Waals surface area contributed by atoms with Gasteiger partial charge in [0.2, 0.25) is 11.4 Å². The van der Waals surface area contributed by atoms with Crippen molar-refractivity contribution in [3.05, 3.63) is 80.9 Å². The van der Waals surface area contributed by atoms with Crippen LogP contribution in [-0.4, -0.2) is 64.7 Å². The average molecular weight is 802 g/mol. The molecule has 16 heteroatoms. The van der Waals surface area contributed by atoms with Crippen LogP contribution in [0, 0.1) is 13.1 Å². The Kier molecular flexibility index (Phi) is 12.9. The van der Waals surface area contributed by atoms with Crippen molar-refractivity contribution in [1.82, 2.24) is 9.97 Å². The summed E-state index contributed by atoms with van der Waals surface area (Å²) in [5.41, 5.74) is -1.24. The van der Waals surface area contributed by atoms with Crippen LogP contribution in [0.5, 0.6) is 0 Å². The molecule has 2 aromatic heterocycles. The van der Waals surface area contributed by atoms with Gasteiger partial charge in [0, 0.05) is 16.5 Å². The van der Waals surface area contributed by atoms with Crippen molar-refractivity contribution < 1.29 is 36.7 Å². The molecule has 0 bridgehead atoms. The van der Waals surface area contributed by atoms with Crippen LogP contribution in [0.2, 0.25) is 0 Å². The molecule has 2 aromatic rings. The fourth-order valence-electron chi connectivity index (χ4n) is 4.40. The molecule has 0 aromatic carbocycles. The number of halogens is 3. The molecular weight excluding hydrogens is 758 g/mol. The standard InChI is InChI=1S/C14H16BFN2O2.C12H24B2O4.C8H4FIN2/c1-13(2)14(3,4)20-15(19-13)8-11(16)12-7-6-10(17-5)9-18-12;1-9(2)10(3,4)16-13(15-9)14-17-11(5,6)12(7,8)18-14;1-11-6-2-3-8(12-5-6)7(9)4-10/h6-9H,1-4H3;1-8H3;2-5H/b11-8-;;7-4-. The zero-order valence-corrected chi connectivity index (χ0v) is 32.9. The Bertz CT molecular complexity index is 1570. The lowest BCUT2D eigenvalue weighted by molar-refractivity contribution is 0.00578. The van der Waals surface area contributed by atoms with Crippen LogP contribution in [0.1, 0.15) is 94.5 Å². The van der Waals surface area contributed by atoms with Crippen molar-refractivity contribution in [3.63, 3.8) is 0 Å². The minimum absolute atomic E-state index is 0.159. The van der Waals surface area contributed by atoms with Gasteiger partial charge in [0.25, 0.3) is 0 Å². The van der Waals surface area contributed by atoms with Crippen molar-refractivity contribution in [3.8, 4) is 0 Å². The van der Waals surface area contributed by atoms with E-state index >= 15 is 0 Å². The molecule has 3 aliphatic rings. The van der Waals surface area contributed by atoms with Gasteiger partial charge in [-0.05, 0) is 124 Å². The van der Waals surface area contributed by atoms with Crippen molar-refractivity contribution >= 4 is 66.8 Å².